The second-order valence-electron chi connectivity index (χ2n) is 7.48. The molecular weight excluding hydrogens is 320 g/mol. The van der Waals surface area contributed by atoms with Crippen molar-refractivity contribution in [2.75, 3.05) is 6.61 Å². The Bertz CT molecular complexity index is 442. The Labute approximate surface area is 162 Å². The lowest BCUT2D eigenvalue weighted by Gasteiger charge is -2.13. The van der Waals surface area contributed by atoms with Gasteiger partial charge in [0.15, 0.2) is 0 Å². The molecule has 1 N–H and O–H groups in total. The van der Waals surface area contributed by atoms with Crippen molar-refractivity contribution < 1.29 is 9.84 Å². The van der Waals surface area contributed by atoms with Gasteiger partial charge in [0.25, 0.3) is 0 Å². The van der Waals surface area contributed by atoms with E-state index in [1.165, 1.54) is 89.0 Å². The molecule has 0 radical (unpaired) electrons. The Morgan fingerprint density at radius 1 is 0.731 bits per heavy atom. The van der Waals surface area contributed by atoms with Crippen molar-refractivity contribution in [1.29, 1.82) is 0 Å². The highest BCUT2D eigenvalue weighted by Crippen LogP contribution is 2.24. The monoisotopic (exact) mass is 362 g/mol. The number of unbranched alkanes of at least 4 members (excludes halogenated alkanes) is 12. The molecule has 26 heavy (non-hydrogen) atoms. The van der Waals surface area contributed by atoms with E-state index in [-0.39, 0.29) is 6.61 Å². The zero-order chi connectivity index (χ0) is 18.9. The Kier molecular flexibility index (Phi) is 14.3. The summed E-state index contributed by atoms with van der Waals surface area (Å²) < 4.78 is 5.63. The number of aliphatic hydroxyl groups is 1. The molecule has 1 aromatic rings. The van der Waals surface area contributed by atoms with E-state index in [0.29, 0.717) is 6.61 Å². The number of benzene rings is 1. The molecule has 0 unspecified atom stereocenters. The number of ether oxygens (including phenoxy) is 1. The number of hydrogen-bond acceptors (Lipinski definition) is 2. The molecule has 1 rings (SSSR count). The first-order valence-electron chi connectivity index (χ1n) is 11.2. The maximum atomic E-state index is 9.65. The van der Waals surface area contributed by atoms with Gasteiger partial charge in [-0.25, -0.2) is 0 Å². The van der Waals surface area contributed by atoms with E-state index in [2.05, 4.69) is 13.0 Å². The Balaban J connectivity index is 2.03. The fraction of sp³-hybridized carbons (Fsp3) is 0.750. The van der Waals surface area contributed by atoms with Gasteiger partial charge < -0.3 is 9.84 Å². The second-order valence-corrected chi connectivity index (χ2v) is 7.48. The van der Waals surface area contributed by atoms with Crippen molar-refractivity contribution in [3.63, 3.8) is 0 Å². The SMILES string of the molecule is CCCCCCCCCCCCCCCc1cccc(OCC)c1CO. The molecule has 0 aliphatic rings. The molecular formula is C24H42O2. The van der Waals surface area contributed by atoms with Crippen LogP contribution in [0.1, 0.15) is 108 Å². The zero-order valence-electron chi connectivity index (χ0n) is 17.4. The molecule has 0 fully saturated rings. The maximum Gasteiger partial charge on any atom is 0.125 e. The molecule has 1 aromatic carbocycles. The van der Waals surface area contributed by atoms with E-state index in [0.717, 1.165) is 17.7 Å². The van der Waals surface area contributed by atoms with Crippen LogP contribution in [0.15, 0.2) is 18.2 Å². The van der Waals surface area contributed by atoms with E-state index in [1.807, 2.05) is 19.1 Å². The topological polar surface area (TPSA) is 29.5 Å². The molecule has 0 bridgehead atoms. The quantitative estimate of drug-likeness (QED) is 0.297. The van der Waals surface area contributed by atoms with Gasteiger partial charge in [-0.3, -0.25) is 0 Å². The van der Waals surface area contributed by atoms with Crippen molar-refractivity contribution in [1.82, 2.24) is 0 Å². The fourth-order valence-electron chi connectivity index (χ4n) is 3.65. The summed E-state index contributed by atoms with van der Waals surface area (Å²) in [4.78, 5) is 0. The molecule has 150 valence electrons. The van der Waals surface area contributed by atoms with Crippen LogP contribution in [0.2, 0.25) is 0 Å². The summed E-state index contributed by atoms with van der Waals surface area (Å²) in [6.07, 6.45) is 19.0. The van der Waals surface area contributed by atoms with Crippen molar-refractivity contribution in [3.05, 3.63) is 29.3 Å². The summed E-state index contributed by atoms with van der Waals surface area (Å²) in [5.41, 5.74) is 2.23. The van der Waals surface area contributed by atoms with Gasteiger partial charge in [-0.05, 0) is 31.4 Å². The maximum absolute atomic E-state index is 9.65. The van der Waals surface area contributed by atoms with Crippen molar-refractivity contribution in [2.24, 2.45) is 0 Å². The van der Waals surface area contributed by atoms with Crippen LogP contribution in [0.25, 0.3) is 0 Å². The third-order valence-electron chi connectivity index (χ3n) is 5.24. The minimum Gasteiger partial charge on any atom is -0.493 e. The highest BCUT2D eigenvalue weighted by molar-refractivity contribution is 5.40. The summed E-state index contributed by atoms with van der Waals surface area (Å²) >= 11 is 0. The van der Waals surface area contributed by atoms with Gasteiger partial charge in [-0.2, -0.15) is 0 Å². The smallest absolute Gasteiger partial charge is 0.125 e. The van der Waals surface area contributed by atoms with Gasteiger partial charge in [0, 0.05) is 5.56 Å². The van der Waals surface area contributed by atoms with Crippen LogP contribution in [-0.4, -0.2) is 11.7 Å². The van der Waals surface area contributed by atoms with Crippen LogP contribution in [0.5, 0.6) is 5.75 Å². The predicted molar refractivity (Wildman–Crippen MR) is 113 cm³/mol. The minimum atomic E-state index is 0.0734. The van der Waals surface area contributed by atoms with E-state index in [1.54, 1.807) is 0 Å². The summed E-state index contributed by atoms with van der Waals surface area (Å²) in [7, 11) is 0. The molecule has 2 heteroatoms. The number of aliphatic hydroxyl groups excluding tert-OH is 1. The molecule has 0 saturated heterocycles. The first-order valence-corrected chi connectivity index (χ1v) is 11.2. The highest BCUT2D eigenvalue weighted by atomic mass is 16.5. The number of hydrogen-bond donors (Lipinski definition) is 1. The summed E-state index contributed by atoms with van der Waals surface area (Å²) in [5.74, 6) is 0.849. The zero-order valence-corrected chi connectivity index (χ0v) is 17.4. The normalized spacial score (nSPS) is 11.0. The molecule has 0 aromatic heterocycles. The van der Waals surface area contributed by atoms with Gasteiger partial charge in [-0.1, -0.05) is 96.1 Å². The van der Waals surface area contributed by atoms with Gasteiger partial charge in [-0.15, -0.1) is 0 Å². The van der Waals surface area contributed by atoms with E-state index in [9.17, 15) is 5.11 Å². The van der Waals surface area contributed by atoms with E-state index in [4.69, 9.17) is 4.74 Å². The summed E-state index contributed by atoms with van der Waals surface area (Å²) in [6.45, 7) is 4.99. The van der Waals surface area contributed by atoms with Gasteiger partial charge in [0.2, 0.25) is 0 Å². The first kappa shape index (κ1) is 23.0. The average Bonchev–Trinajstić information content (AvgIpc) is 2.66. The fourth-order valence-corrected chi connectivity index (χ4v) is 3.65. The highest BCUT2D eigenvalue weighted by Gasteiger charge is 2.08. The van der Waals surface area contributed by atoms with Gasteiger partial charge in [0.05, 0.1) is 13.2 Å². The Morgan fingerprint density at radius 3 is 1.77 bits per heavy atom. The summed E-state index contributed by atoms with van der Waals surface area (Å²) in [5, 5.41) is 9.65. The van der Waals surface area contributed by atoms with Crippen LogP contribution in [-0.2, 0) is 13.0 Å². The van der Waals surface area contributed by atoms with E-state index >= 15 is 0 Å². The Morgan fingerprint density at radius 2 is 1.27 bits per heavy atom. The number of aryl methyl sites for hydroxylation is 1. The van der Waals surface area contributed by atoms with Crippen molar-refractivity contribution in [2.45, 2.75) is 110 Å². The second kappa shape index (κ2) is 16.2. The van der Waals surface area contributed by atoms with Crippen molar-refractivity contribution in [3.8, 4) is 5.75 Å². The Hall–Kier alpha value is -1.02. The summed E-state index contributed by atoms with van der Waals surface area (Å²) in [6, 6.07) is 6.14. The van der Waals surface area contributed by atoms with Crippen LogP contribution < -0.4 is 4.74 Å². The standard InChI is InChI=1S/C24H42O2/c1-3-5-6-7-8-9-10-11-12-13-14-15-16-18-22-19-17-20-24(26-4-2)23(22)21-25/h17,19-20,25H,3-16,18,21H2,1-2H3. The molecule has 0 spiro atoms. The van der Waals surface area contributed by atoms with E-state index < -0.39 is 0 Å². The molecule has 0 atom stereocenters. The van der Waals surface area contributed by atoms with Gasteiger partial charge >= 0.3 is 0 Å². The molecule has 0 aliphatic carbocycles. The van der Waals surface area contributed by atoms with Crippen LogP contribution >= 0.6 is 0 Å². The molecule has 2 nitrogen and oxygen atoms in total. The molecule has 0 saturated carbocycles. The third-order valence-corrected chi connectivity index (χ3v) is 5.24. The molecule has 0 heterocycles. The van der Waals surface area contributed by atoms with Gasteiger partial charge in [0.1, 0.15) is 5.75 Å². The number of rotatable bonds is 17. The largest absolute Gasteiger partial charge is 0.493 e. The first-order chi connectivity index (χ1) is 12.8. The lowest BCUT2D eigenvalue weighted by Crippen LogP contribution is -2.01. The van der Waals surface area contributed by atoms with Crippen LogP contribution in [0, 0.1) is 0 Å². The van der Waals surface area contributed by atoms with Crippen molar-refractivity contribution >= 4 is 0 Å². The lowest BCUT2D eigenvalue weighted by molar-refractivity contribution is 0.265. The lowest BCUT2D eigenvalue weighted by atomic mass is 9.99. The van der Waals surface area contributed by atoms with Crippen LogP contribution in [0.4, 0.5) is 0 Å². The third kappa shape index (κ3) is 10.2. The molecule has 0 amide bonds. The minimum absolute atomic E-state index is 0.0734. The van der Waals surface area contributed by atoms with Crippen LogP contribution in [0.3, 0.4) is 0 Å². The average molecular weight is 363 g/mol. The predicted octanol–water partition coefficient (Wildman–Crippen LogP) is 7.21. The molecule has 0 aliphatic heterocycles.